The van der Waals surface area contributed by atoms with E-state index in [-0.39, 0.29) is 11.6 Å². The third-order valence-electron chi connectivity index (χ3n) is 3.18. The lowest BCUT2D eigenvalue weighted by Crippen LogP contribution is -2.20. The topological polar surface area (TPSA) is 79.3 Å². The normalized spacial score (nSPS) is 13.8. The van der Waals surface area contributed by atoms with Crippen LogP contribution in [0.3, 0.4) is 0 Å². The van der Waals surface area contributed by atoms with Gasteiger partial charge < -0.3 is 10.4 Å². The zero-order valence-electron chi connectivity index (χ0n) is 12.0. The summed E-state index contributed by atoms with van der Waals surface area (Å²) in [7, 11) is -0.857. The number of hydrogen-bond donors (Lipinski definition) is 2. The number of carboxylic acid groups (broad SMARTS) is 1. The van der Waals surface area contributed by atoms with Gasteiger partial charge in [0.1, 0.15) is 11.4 Å². The van der Waals surface area contributed by atoms with Crippen molar-refractivity contribution in [2.75, 3.05) is 17.3 Å². The summed E-state index contributed by atoms with van der Waals surface area (Å²) in [5.41, 5.74) is 0.898. The quantitative estimate of drug-likeness (QED) is 0.857. The molecule has 0 bridgehead atoms. The summed E-state index contributed by atoms with van der Waals surface area (Å²) in [6.07, 6.45) is 2.35. The van der Waals surface area contributed by atoms with E-state index in [1.165, 1.54) is 0 Å². The lowest BCUT2D eigenvalue weighted by atomic mass is 10.1. The Morgan fingerprint density at radius 2 is 2.14 bits per heavy atom. The van der Waals surface area contributed by atoms with E-state index >= 15 is 0 Å². The molecule has 0 saturated carbocycles. The number of anilines is 1. The van der Waals surface area contributed by atoms with Gasteiger partial charge >= 0.3 is 5.97 Å². The van der Waals surface area contributed by atoms with E-state index < -0.39 is 16.8 Å². The summed E-state index contributed by atoms with van der Waals surface area (Å²) < 4.78 is 11.1. The van der Waals surface area contributed by atoms with Crippen molar-refractivity contribution in [1.82, 2.24) is 4.98 Å². The molecular formula is C15H18N2O3S. The fourth-order valence-corrected chi connectivity index (χ4v) is 2.72. The van der Waals surface area contributed by atoms with Crippen LogP contribution >= 0.6 is 0 Å². The molecule has 2 unspecified atom stereocenters. The van der Waals surface area contributed by atoms with Crippen LogP contribution in [-0.2, 0) is 10.8 Å². The van der Waals surface area contributed by atoms with Crippen molar-refractivity contribution in [2.24, 2.45) is 0 Å². The lowest BCUT2D eigenvalue weighted by Gasteiger charge is -2.16. The van der Waals surface area contributed by atoms with Gasteiger partial charge in [-0.25, -0.2) is 9.78 Å². The van der Waals surface area contributed by atoms with Crippen LogP contribution in [0.25, 0.3) is 10.9 Å². The van der Waals surface area contributed by atoms with Gasteiger partial charge in [-0.2, -0.15) is 0 Å². The standard InChI is InChI=1S/C15H18N2O3S/c1-10(7-8-21(2)20)16-14-12(15(18)19)9-11-5-3-4-6-13(11)17-14/h3-6,9-10H,7-8H2,1-2H3,(H,16,17)(H,18,19). The van der Waals surface area contributed by atoms with E-state index in [1.807, 2.05) is 31.2 Å². The van der Waals surface area contributed by atoms with Crippen LogP contribution in [-0.4, -0.2) is 38.3 Å². The van der Waals surface area contributed by atoms with E-state index in [0.29, 0.717) is 18.0 Å². The molecule has 0 saturated heterocycles. The molecule has 2 atom stereocenters. The highest BCUT2D eigenvalue weighted by atomic mass is 32.2. The zero-order valence-corrected chi connectivity index (χ0v) is 12.8. The molecule has 5 nitrogen and oxygen atoms in total. The molecule has 1 aromatic carbocycles. The highest BCUT2D eigenvalue weighted by Gasteiger charge is 2.15. The molecule has 6 heteroatoms. The maximum atomic E-state index is 11.4. The highest BCUT2D eigenvalue weighted by Crippen LogP contribution is 2.21. The fourth-order valence-electron chi connectivity index (χ4n) is 2.04. The number of para-hydroxylation sites is 1. The molecule has 0 amide bonds. The third kappa shape index (κ3) is 4.01. The molecule has 1 heterocycles. The molecule has 0 aliphatic carbocycles. The number of aromatic nitrogens is 1. The fraction of sp³-hybridized carbons (Fsp3) is 0.333. The molecule has 2 rings (SSSR count). The summed E-state index contributed by atoms with van der Waals surface area (Å²) in [6, 6.07) is 9.02. The Hall–Kier alpha value is -1.95. The summed E-state index contributed by atoms with van der Waals surface area (Å²) in [4.78, 5) is 15.8. The van der Waals surface area contributed by atoms with Gasteiger partial charge in [-0.1, -0.05) is 18.2 Å². The Morgan fingerprint density at radius 3 is 2.81 bits per heavy atom. The van der Waals surface area contributed by atoms with Crippen molar-refractivity contribution in [2.45, 2.75) is 19.4 Å². The molecule has 1 aromatic heterocycles. The van der Waals surface area contributed by atoms with Gasteiger partial charge in [-0.3, -0.25) is 4.21 Å². The zero-order chi connectivity index (χ0) is 15.4. The van der Waals surface area contributed by atoms with Crippen LogP contribution in [0.5, 0.6) is 0 Å². The highest BCUT2D eigenvalue weighted by molar-refractivity contribution is 7.84. The Balaban J connectivity index is 2.30. The van der Waals surface area contributed by atoms with Crippen molar-refractivity contribution < 1.29 is 14.1 Å². The first-order valence-electron chi connectivity index (χ1n) is 6.67. The monoisotopic (exact) mass is 306 g/mol. The second-order valence-electron chi connectivity index (χ2n) is 4.99. The van der Waals surface area contributed by atoms with Crippen LogP contribution in [0.2, 0.25) is 0 Å². The van der Waals surface area contributed by atoms with E-state index in [1.54, 1.807) is 12.3 Å². The van der Waals surface area contributed by atoms with E-state index in [2.05, 4.69) is 10.3 Å². The summed E-state index contributed by atoms with van der Waals surface area (Å²) in [5, 5.41) is 13.2. The maximum absolute atomic E-state index is 11.4. The summed E-state index contributed by atoms with van der Waals surface area (Å²) in [6.45, 7) is 1.93. The third-order valence-corrected chi connectivity index (χ3v) is 3.99. The first-order chi connectivity index (χ1) is 9.97. The van der Waals surface area contributed by atoms with Gasteiger partial charge in [0.15, 0.2) is 0 Å². The smallest absolute Gasteiger partial charge is 0.339 e. The largest absolute Gasteiger partial charge is 0.478 e. The van der Waals surface area contributed by atoms with E-state index in [4.69, 9.17) is 0 Å². The molecule has 0 radical (unpaired) electrons. The van der Waals surface area contributed by atoms with Crippen LogP contribution in [0.4, 0.5) is 5.82 Å². The second-order valence-corrected chi connectivity index (χ2v) is 6.55. The van der Waals surface area contributed by atoms with Crippen LogP contribution in [0.1, 0.15) is 23.7 Å². The average Bonchev–Trinajstić information content (AvgIpc) is 2.44. The van der Waals surface area contributed by atoms with Gasteiger partial charge in [0.05, 0.1) is 5.52 Å². The predicted octanol–water partition coefficient (Wildman–Crippen LogP) is 2.50. The first kappa shape index (κ1) is 15.4. The molecule has 0 aliphatic rings. The number of aromatic carboxylic acids is 1. The minimum absolute atomic E-state index is 0.000613. The van der Waals surface area contributed by atoms with Crippen molar-refractivity contribution in [3.8, 4) is 0 Å². The molecule has 0 spiro atoms. The number of hydrogen-bond acceptors (Lipinski definition) is 4. The van der Waals surface area contributed by atoms with Gasteiger partial charge in [-0.05, 0) is 25.5 Å². The Kier molecular flexibility index (Phi) is 4.90. The molecule has 0 fully saturated rings. The number of fused-ring (bicyclic) bond motifs is 1. The second kappa shape index (κ2) is 6.67. The molecule has 112 valence electrons. The number of rotatable bonds is 6. The van der Waals surface area contributed by atoms with E-state index in [9.17, 15) is 14.1 Å². The maximum Gasteiger partial charge on any atom is 0.339 e. The van der Waals surface area contributed by atoms with E-state index in [0.717, 1.165) is 10.9 Å². The molecule has 2 N–H and O–H groups in total. The summed E-state index contributed by atoms with van der Waals surface area (Å²) in [5.74, 6) is -0.0814. The number of nitrogens with zero attached hydrogens (tertiary/aromatic N) is 1. The number of benzene rings is 1. The first-order valence-corrected chi connectivity index (χ1v) is 8.39. The van der Waals surface area contributed by atoms with Crippen LogP contribution < -0.4 is 5.32 Å². The van der Waals surface area contributed by atoms with Gasteiger partial charge in [0, 0.05) is 34.2 Å². The Bertz CT molecular complexity index is 688. The number of carbonyl (C=O) groups is 1. The lowest BCUT2D eigenvalue weighted by molar-refractivity contribution is 0.0697. The van der Waals surface area contributed by atoms with Gasteiger partial charge in [-0.15, -0.1) is 0 Å². The van der Waals surface area contributed by atoms with Crippen molar-refractivity contribution in [3.63, 3.8) is 0 Å². The van der Waals surface area contributed by atoms with Crippen molar-refractivity contribution >= 4 is 33.5 Å². The summed E-state index contributed by atoms with van der Waals surface area (Å²) >= 11 is 0. The van der Waals surface area contributed by atoms with Crippen LogP contribution in [0.15, 0.2) is 30.3 Å². The molecule has 2 aromatic rings. The number of pyridine rings is 1. The SMILES string of the molecule is CC(CCS(C)=O)Nc1nc2ccccc2cc1C(=O)O. The number of nitrogens with one attached hydrogen (secondary N) is 1. The van der Waals surface area contributed by atoms with Crippen LogP contribution in [0, 0.1) is 0 Å². The Labute approximate surface area is 125 Å². The minimum Gasteiger partial charge on any atom is -0.478 e. The van der Waals surface area contributed by atoms with Gasteiger partial charge in [0.2, 0.25) is 0 Å². The van der Waals surface area contributed by atoms with Crippen molar-refractivity contribution in [3.05, 3.63) is 35.9 Å². The predicted molar refractivity (Wildman–Crippen MR) is 85.3 cm³/mol. The molecular weight excluding hydrogens is 288 g/mol. The molecule has 21 heavy (non-hydrogen) atoms. The molecule has 0 aliphatic heterocycles. The number of carboxylic acids is 1. The Morgan fingerprint density at radius 1 is 1.43 bits per heavy atom. The van der Waals surface area contributed by atoms with Crippen molar-refractivity contribution in [1.29, 1.82) is 0 Å². The average molecular weight is 306 g/mol. The minimum atomic E-state index is -1.01. The van der Waals surface area contributed by atoms with Gasteiger partial charge in [0.25, 0.3) is 0 Å².